The fourth-order valence-electron chi connectivity index (χ4n) is 3.10. The van der Waals surface area contributed by atoms with Gasteiger partial charge in [-0.25, -0.2) is 0 Å². The number of halogens is 1. The average Bonchev–Trinajstić information content (AvgIpc) is 2.78. The molecule has 2 fully saturated rings. The molecule has 0 spiro atoms. The Kier molecular flexibility index (Phi) is 3.46. The van der Waals surface area contributed by atoms with Crippen molar-refractivity contribution in [2.45, 2.75) is 37.3 Å². The number of rotatable bonds is 3. The van der Waals surface area contributed by atoms with Crippen molar-refractivity contribution in [1.29, 1.82) is 0 Å². The zero-order valence-electron chi connectivity index (χ0n) is 11.4. The molecule has 2 aliphatic rings. The van der Waals surface area contributed by atoms with Gasteiger partial charge in [-0.3, -0.25) is 4.90 Å². The van der Waals surface area contributed by atoms with Crippen LogP contribution in [0.2, 0.25) is 5.02 Å². The smallest absolute Gasteiger partial charge is 0.138 e. The van der Waals surface area contributed by atoms with Gasteiger partial charge >= 0.3 is 0 Å². The topological polar surface area (TPSA) is 38.5 Å². The molecule has 1 aromatic carbocycles. The van der Waals surface area contributed by atoms with Crippen LogP contribution in [0.1, 0.15) is 31.2 Å². The molecule has 1 aliphatic heterocycles. The maximum atomic E-state index is 6.45. The summed E-state index contributed by atoms with van der Waals surface area (Å²) in [7, 11) is 2.09. The summed E-state index contributed by atoms with van der Waals surface area (Å²) in [6.45, 7) is 1.94. The van der Waals surface area contributed by atoms with Crippen molar-refractivity contribution in [2.24, 2.45) is 5.73 Å². The molecule has 3 nitrogen and oxygen atoms in total. The van der Waals surface area contributed by atoms with Crippen molar-refractivity contribution in [1.82, 2.24) is 4.90 Å². The molecule has 1 heterocycles. The highest BCUT2D eigenvalue weighted by Crippen LogP contribution is 2.39. The van der Waals surface area contributed by atoms with Crippen LogP contribution in [0.3, 0.4) is 0 Å². The Labute approximate surface area is 119 Å². The molecule has 3 rings (SSSR count). The third-order valence-electron chi connectivity index (χ3n) is 4.33. The van der Waals surface area contributed by atoms with Gasteiger partial charge in [0, 0.05) is 18.6 Å². The van der Waals surface area contributed by atoms with Crippen LogP contribution in [-0.4, -0.2) is 31.1 Å². The highest BCUT2D eigenvalue weighted by molar-refractivity contribution is 6.32. The molecule has 19 heavy (non-hydrogen) atoms. The molecule has 0 amide bonds. The van der Waals surface area contributed by atoms with Crippen molar-refractivity contribution in [3.8, 4) is 5.75 Å². The highest BCUT2D eigenvalue weighted by atomic mass is 35.5. The number of nitrogens with two attached hydrogens (primary N) is 1. The first kappa shape index (κ1) is 13.2. The summed E-state index contributed by atoms with van der Waals surface area (Å²) in [4.78, 5) is 2.22. The SMILES string of the molecule is CN1CC(Oc2ccc(C3(N)CCCC3)cc2Cl)C1. The van der Waals surface area contributed by atoms with E-state index in [9.17, 15) is 0 Å². The standard InChI is InChI=1S/C15H21ClN2O/c1-18-9-12(10-18)19-14-5-4-11(8-13(14)16)15(17)6-2-3-7-15/h4-5,8,12H,2-3,6-7,9-10,17H2,1H3. The molecule has 0 unspecified atom stereocenters. The molecular formula is C15H21ClN2O. The van der Waals surface area contributed by atoms with Crippen LogP contribution < -0.4 is 10.5 Å². The van der Waals surface area contributed by atoms with Gasteiger partial charge in [-0.05, 0) is 37.6 Å². The molecule has 1 saturated heterocycles. The first-order valence-electron chi connectivity index (χ1n) is 7.01. The average molecular weight is 281 g/mol. The molecule has 1 aromatic rings. The van der Waals surface area contributed by atoms with Crippen molar-refractivity contribution in [3.05, 3.63) is 28.8 Å². The molecule has 0 radical (unpaired) electrons. The maximum absolute atomic E-state index is 6.45. The van der Waals surface area contributed by atoms with E-state index in [0.717, 1.165) is 37.2 Å². The van der Waals surface area contributed by atoms with Gasteiger partial charge in [-0.15, -0.1) is 0 Å². The molecule has 1 saturated carbocycles. The molecule has 0 bridgehead atoms. The molecule has 1 aliphatic carbocycles. The number of ether oxygens (including phenoxy) is 1. The molecule has 0 atom stereocenters. The lowest BCUT2D eigenvalue weighted by Gasteiger charge is -2.36. The largest absolute Gasteiger partial charge is 0.486 e. The number of nitrogens with zero attached hydrogens (tertiary/aromatic N) is 1. The molecule has 104 valence electrons. The van der Waals surface area contributed by atoms with Gasteiger partial charge in [0.15, 0.2) is 0 Å². The van der Waals surface area contributed by atoms with Gasteiger partial charge in [-0.2, -0.15) is 0 Å². The van der Waals surface area contributed by atoms with E-state index in [1.807, 2.05) is 12.1 Å². The Morgan fingerprint density at radius 1 is 1.32 bits per heavy atom. The van der Waals surface area contributed by atoms with E-state index < -0.39 is 0 Å². The third kappa shape index (κ3) is 2.60. The van der Waals surface area contributed by atoms with Crippen molar-refractivity contribution >= 4 is 11.6 Å². The fraction of sp³-hybridized carbons (Fsp3) is 0.600. The second-order valence-electron chi connectivity index (χ2n) is 5.97. The van der Waals surface area contributed by atoms with Crippen LogP contribution in [0.25, 0.3) is 0 Å². The van der Waals surface area contributed by atoms with Gasteiger partial charge in [0.1, 0.15) is 11.9 Å². The van der Waals surface area contributed by atoms with Crippen LogP contribution in [0.15, 0.2) is 18.2 Å². The van der Waals surface area contributed by atoms with Gasteiger partial charge in [0.25, 0.3) is 0 Å². The van der Waals surface area contributed by atoms with Crippen LogP contribution in [0.4, 0.5) is 0 Å². The first-order valence-corrected chi connectivity index (χ1v) is 7.39. The Morgan fingerprint density at radius 2 is 2.00 bits per heavy atom. The van der Waals surface area contributed by atoms with Crippen LogP contribution in [0.5, 0.6) is 5.75 Å². The predicted octanol–water partition coefficient (Wildman–Crippen LogP) is 2.76. The second kappa shape index (κ2) is 4.97. The summed E-state index contributed by atoms with van der Waals surface area (Å²) in [6, 6.07) is 6.04. The Morgan fingerprint density at radius 3 is 2.58 bits per heavy atom. The summed E-state index contributed by atoms with van der Waals surface area (Å²) >= 11 is 6.34. The summed E-state index contributed by atoms with van der Waals surface area (Å²) in [6.07, 6.45) is 4.79. The van der Waals surface area contributed by atoms with E-state index in [1.54, 1.807) is 0 Å². The summed E-state index contributed by atoms with van der Waals surface area (Å²) in [5.74, 6) is 0.783. The zero-order valence-corrected chi connectivity index (χ0v) is 12.1. The Balaban J connectivity index is 1.74. The van der Waals surface area contributed by atoms with Crippen molar-refractivity contribution < 1.29 is 4.74 Å². The minimum Gasteiger partial charge on any atom is -0.486 e. The first-order chi connectivity index (χ1) is 9.07. The van der Waals surface area contributed by atoms with Gasteiger partial charge in [-0.1, -0.05) is 30.5 Å². The van der Waals surface area contributed by atoms with Crippen molar-refractivity contribution in [2.75, 3.05) is 20.1 Å². The lowest BCUT2D eigenvalue weighted by atomic mass is 9.89. The van der Waals surface area contributed by atoms with Crippen LogP contribution in [0, 0.1) is 0 Å². The van der Waals surface area contributed by atoms with Crippen LogP contribution in [-0.2, 0) is 5.54 Å². The van der Waals surface area contributed by atoms with Gasteiger partial charge in [0.05, 0.1) is 5.02 Å². The number of likely N-dealkylation sites (tertiary alicyclic amines) is 1. The lowest BCUT2D eigenvalue weighted by Crippen LogP contribution is -2.51. The maximum Gasteiger partial charge on any atom is 0.138 e. The van der Waals surface area contributed by atoms with E-state index in [0.29, 0.717) is 5.02 Å². The zero-order chi connectivity index (χ0) is 13.5. The second-order valence-corrected chi connectivity index (χ2v) is 6.38. The lowest BCUT2D eigenvalue weighted by molar-refractivity contribution is 0.0389. The monoisotopic (exact) mass is 280 g/mol. The number of benzene rings is 1. The van der Waals surface area contributed by atoms with E-state index >= 15 is 0 Å². The summed E-state index contributed by atoms with van der Waals surface area (Å²) < 4.78 is 5.89. The molecule has 4 heteroatoms. The molecule has 2 N–H and O–H groups in total. The molecular weight excluding hydrogens is 260 g/mol. The van der Waals surface area contributed by atoms with E-state index in [2.05, 4.69) is 18.0 Å². The van der Waals surface area contributed by atoms with Gasteiger partial charge in [0.2, 0.25) is 0 Å². The summed E-state index contributed by atoms with van der Waals surface area (Å²) in [5, 5.41) is 0.684. The minimum atomic E-state index is -0.182. The number of hydrogen-bond acceptors (Lipinski definition) is 3. The normalized spacial score (nSPS) is 23.3. The fourth-order valence-corrected chi connectivity index (χ4v) is 3.32. The van der Waals surface area contributed by atoms with E-state index in [4.69, 9.17) is 22.1 Å². The quantitative estimate of drug-likeness (QED) is 0.925. The van der Waals surface area contributed by atoms with E-state index in [1.165, 1.54) is 12.8 Å². The van der Waals surface area contributed by atoms with Crippen LogP contribution >= 0.6 is 11.6 Å². The van der Waals surface area contributed by atoms with Crippen molar-refractivity contribution in [3.63, 3.8) is 0 Å². The Hall–Kier alpha value is -0.770. The Bertz CT molecular complexity index is 465. The molecule has 0 aromatic heterocycles. The van der Waals surface area contributed by atoms with E-state index in [-0.39, 0.29) is 11.6 Å². The predicted molar refractivity (Wildman–Crippen MR) is 77.7 cm³/mol. The highest BCUT2D eigenvalue weighted by Gasteiger charge is 2.32. The number of likely N-dealkylation sites (N-methyl/N-ethyl adjacent to an activating group) is 1. The number of hydrogen-bond donors (Lipinski definition) is 1. The minimum absolute atomic E-state index is 0.182. The summed E-state index contributed by atoms with van der Waals surface area (Å²) in [5.41, 5.74) is 7.41. The van der Waals surface area contributed by atoms with Gasteiger partial charge < -0.3 is 10.5 Å². The third-order valence-corrected chi connectivity index (χ3v) is 4.62.